The maximum absolute atomic E-state index is 12.0. The largest absolute Gasteiger partial charge is 0.493 e. The third kappa shape index (κ3) is 4.12. The van der Waals surface area contributed by atoms with Gasteiger partial charge in [0.1, 0.15) is 0 Å². The number of rotatable bonds is 6. The second kappa shape index (κ2) is 7.62. The van der Waals surface area contributed by atoms with E-state index in [0.717, 1.165) is 18.4 Å². The molecular weight excluding hydrogens is 240 g/mol. The van der Waals surface area contributed by atoms with Crippen LogP contribution in [0.5, 0.6) is 11.5 Å². The molecule has 0 radical (unpaired) electrons. The predicted molar refractivity (Wildman–Crippen MR) is 77.4 cm³/mol. The lowest BCUT2D eigenvalue weighted by Crippen LogP contribution is -2.19. The van der Waals surface area contributed by atoms with Gasteiger partial charge >= 0.3 is 5.97 Å². The van der Waals surface area contributed by atoms with E-state index in [1.807, 2.05) is 45.1 Å². The van der Waals surface area contributed by atoms with Gasteiger partial charge in [0.05, 0.1) is 13.0 Å². The Balaban J connectivity index is 2.91. The van der Waals surface area contributed by atoms with Crippen LogP contribution in [0.3, 0.4) is 0 Å². The summed E-state index contributed by atoms with van der Waals surface area (Å²) in [6, 6.07) is 5.53. The lowest BCUT2D eigenvalue weighted by Gasteiger charge is -2.14. The lowest BCUT2D eigenvalue weighted by molar-refractivity contribution is -0.139. The molecule has 0 aromatic heterocycles. The Morgan fingerprint density at radius 1 is 1.26 bits per heavy atom. The number of methoxy groups -OCH3 is 1. The van der Waals surface area contributed by atoms with Crippen molar-refractivity contribution in [2.24, 2.45) is 5.92 Å². The Kier molecular flexibility index (Phi) is 6.13. The van der Waals surface area contributed by atoms with Crippen molar-refractivity contribution in [3.05, 3.63) is 29.8 Å². The smallest absolute Gasteiger partial charge is 0.314 e. The van der Waals surface area contributed by atoms with Crippen LogP contribution in [0.1, 0.15) is 39.2 Å². The van der Waals surface area contributed by atoms with Crippen LogP contribution < -0.4 is 9.47 Å². The number of hydrogen-bond donors (Lipinski definition) is 0. The standard InChI is InChI=1S/C16H22O3/c1-5-8-12-9-10-14(15(11-12)18-4)19-16(17)13(6-2)7-3/h5,8-11,13H,6-7H2,1-4H3/b8-5+. The first-order valence-electron chi connectivity index (χ1n) is 6.68. The molecule has 3 heteroatoms. The molecule has 3 nitrogen and oxygen atoms in total. The molecule has 19 heavy (non-hydrogen) atoms. The third-order valence-electron chi connectivity index (χ3n) is 3.08. The number of allylic oxidation sites excluding steroid dienone is 1. The summed E-state index contributed by atoms with van der Waals surface area (Å²) in [4.78, 5) is 12.0. The first-order chi connectivity index (χ1) is 9.15. The number of benzene rings is 1. The minimum absolute atomic E-state index is 0.0556. The monoisotopic (exact) mass is 262 g/mol. The average molecular weight is 262 g/mol. The molecular formula is C16H22O3. The number of hydrogen-bond acceptors (Lipinski definition) is 3. The molecule has 0 atom stereocenters. The molecule has 0 N–H and O–H groups in total. The van der Waals surface area contributed by atoms with Gasteiger partial charge in [-0.1, -0.05) is 32.1 Å². The molecule has 0 aliphatic carbocycles. The van der Waals surface area contributed by atoms with Crippen LogP contribution in [0.4, 0.5) is 0 Å². The molecule has 0 aliphatic rings. The van der Waals surface area contributed by atoms with Crippen LogP contribution in [0, 0.1) is 5.92 Å². The third-order valence-corrected chi connectivity index (χ3v) is 3.08. The van der Waals surface area contributed by atoms with E-state index in [4.69, 9.17) is 9.47 Å². The van der Waals surface area contributed by atoms with Gasteiger partial charge in [-0.25, -0.2) is 0 Å². The molecule has 0 fully saturated rings. The molecule has 1 aromatic carbocycles. The fourth-order valence-electron chi connectivity index (χ4n) is 1.88. The summed E-state index contributed by atoms with van der Waals surface area (Å²) in [5.74, 6) is 0.810. The van der Waals surface area contributed by atoms with Crippen molar-refractivity contribution >= 4 is 12.0 Å². The molecule has 0 amide bonds. The molecule has 1 aromatic rings. The molecule has 1 rings (SSSR count). The van der Waals surface area contributed by atoms with Crippen molar-refractivity contribution in [2.75, 3.05) is 7.11 Å². The van der Waals surface area contributed by atoms with Crippen molar-refractivity contribution < 1.29 is 14.3 Å². The molecule has 0 spiro atoms. The van der Waals surface area contributed by atoms with Crippen LogP contribution in [-0.4, -0.2) is 13.1 Å². The zero-order chi connectivity index (χ0) is 14.3. The van der Waals surface area contributed by atoms with E-state index in [1.165, 1.54) is 0 Å². The summed E-state index contributed by atoms with van der Waals surface area (Å²) in [5, 5.41) is 0. The van der Waals surface area contributed by atoms with Crippen LogP contribution in [-0.2, 0) is 4.79 Å². The second-order valence-corrected chi connectivity index (χ2v) is 4.34. The molecule has 0 bridgehead atoms. The topological polar surface area (TPSA) is 35.5 Å². The van der Waals surface area contributed by atoms with Crippen LogP contribution in [0.15, 0.2) is 24.3 Å². The Labute approximate surface area is 115 Å². The number of ether oxygens (including phenoxy) is 2. The van der Waals surface area contributed by atoms with E-state index in [9.17, 15) is 4.79 Å². The van der Waals surface area contributed by atoms with Crippen LogP contribution in [0.25, 0.3) is 6.08 Å². The minimum Gasteiger partial charge on any atom is -0.493 e. The van der Waals surface area contributed by atoms with Gasteiger partial charge in [-0.15, -0.1) is 0 Å². The van der Waals surface area contributed by atoms with Gasteiger partial charge in [0, 0.05) is 0 Å². The normalized spacial score (nSPS) is 11.0. The Bertz CT molecular complexity index is 445. The van der Waals surface area contributed by atoms with E-state index >= 15 is 0 Å². The Hall–Kier alpha value is -1.77. The SMILES string of the molecule is C/C=C/c1ccc(OC(=O)C(CC)CC)c(OC)c1. The molecule has 104 valence electrons. The molecule has 0 unspecified atom stereocenters. The van der Waals surface area contributed by atoms with Gasteiger partial charge in [-0.05, 0) is 37.5 Å². The highest BCUT2D eigenvalue weighted by Gasteiger charge is 2.18. The quantitative estimate of drug-likeness (QED) is 0.572. The number of esters is 1. The first-order valence-corrected chi connectivity index (χ1v) is 6.68. The summed E-state index contributed by atoms with van der Waals surface area (Å²) < 4.78 is 10.7. The number of carbonyl (C=O) groups is 1. The Morgan fingerprint density at radius 3 is 2.47 bits per heavy atom. The minimum atomic E-state index is -0.193. The van der Waals surface area contributed by atoms with Gasteiger partial charge in [0.25, 0.3) is 0 Å². The zero-order valence-electron chi connectivity index (χ0n) is 12.1. The summed E-state index contributed by atoms with van der Waals surface area (Å²) in [6.45, 7) is 5.93. The first kappa shape index (κ1) is 15.3. The highest BCUT2D eigenvalue weighted by molar-refractivity contribution is 5.76. The van der Waals surface area contributed by atoms with Crippen molar-refractivity contribution in [1.29, 1.82) is 0 Å². The maximum atomic E-state index is 12.0. The average Bonchev–Trinajstić information content (AvgIpc) is 2.42. The van der Waals surface area contributed by atoms with E-state index in [1.54, 1.807) is 13.2 Å². The van der Waals surface area contributed by atoms with Gasteiger partial charge in [0.15, 0.2) is 11.5 Å². The van der Waals surface area contributed by atoms with Gasteiger partial charge in [-0.3, -0.25) is 4.79 Å². The molecule has 0 saturated carbocycles. The molecule has 0 heterocycles. The summed E-state index contributed by atoms with van der Waals surface area (Å²) in [6.07, 6.45) is 5.49. The summed E-state index contributed by atoms with van der Waals surface area (Å²) >= 11 is 0. The van der Waals surface area contributed by atoms with Crippen LogP contribution in [0.2, 0.25) is 0 Å². The van der Waals surface area contributed by atoms with E-state index in [-0.39, 0.29) is 11.9 Å². The summed E-state index contributed by atoms with van der Waals surface area (Å²) in [7, 11) is 1.57. The predicted octanol–water partition coefficient (Wildman–Crippen LogP) is 4.07. The van der Waals surface area contributed by atoms with E-state index < -0.39 is 0 Å². The molecule has 0 saturated heterocycles. The van der Waals surface area contributed by atoms with E-state index in [2.05, 4.69) is 0 Å². The fraction of sp³-hybridized carbons (Fsp3) is 0.438. The van der Waals surface area contributed by atoms with E-state index in [0.29, 0.717) is 11.5 Å². The van der Waals surface area contributed by atoms with Crippen molar-refractivity contribution in [3.8, 4) is 11.5 Å². The highest BCUT2D eigenvalue weighted by atomic mass is 16.6. The Morgan fingerprint density at radius 2 is 1.95 bits per heavy atom. The fourth-order valence-corrected chi connectivity index (χ4v) is 1.88. The van der Waals surface area contributed by atoms with Crippen molar-refractivity contribution in [3.63, 3.8) is 0 Å². The highest BCUT2D eigenvalue weighted by Crippen LogP contribution is 2.29. The maximum Gasteiger partial charge on any atom is 0.314 e. The van der Waals surface area contributed by atoms with Crippen molar-refractivity contribution in [1.82, 2.24) is 0 Å². The lowest BCUT2D eigenvalue weighted by atomic mass is 10.0. The zero-order valence-corrected chi connectivity index (χ0v) is 12.1. The molecule has 0 aliphatic heterocycles. The van der Waals surface area contributed by atoms with Gasteiger partial charge in [0.2, 0.25) is 0 Å². The van der Waals surface area contributed by atoms with Gasteiger partial charge < -0.3 is 9.47 Å². The second-order valence-electron chi connectivity index (χ2n) is 4.34. The van der Waals surface area contributed by atoms with Crippen LogP contribution >= 0.6 is 0 Å². The summed E-state index contributed by atoms with van der Waals surface area (Å²) in [5.41, 5.74) is 1.02. The van der Waals surface area contributed by atoms with Gasteiger partial charge in [-0.2, -0.15) is 0 Å². The number of carbonyl (C=O) groups excluding carboxylic acids is 1. The van der Waals surface area contributed by atoms with Crippen molar-refractivity contribution in [2.45, 2.75) is 33.6 Å².